The molecule has 4 rings (SSSR count). The Hall–Kier alpha value is -2.82. The van der Waals surface area contributed by atoms with Gasteiger partial charge in [0.25, 0.3) is 0 Å². The molecule has 2 amide bonds. The number of nitrogens with one attached hydrogen (secondary N) is 1. The highest BCUT2D eigenvalue weighted by Crippen LogP contribution is 2.25. The van der Waals surface area contributed by atoms with E-state index < -0.39 is 6.04 Å². The first kappa shape index (κ1) is 28.2. The number of rotatable bonds is 11. The Morgan fingerprint density at radius 2 is 1.53 bits per heavy atom. The molecule has 0 unspecified atom stereocenters. The smallest absolute Gasteiger partial charge is 0.243 e. The first-order valence-electron chi connectivity index (χ1n) is 13.6. The lowest BCUT2D eigenvalue weighted by molar-refractivity contribution is -0.141. The largest absolute Gasteiger partial charge is 0.352 e. The van der Waals surface area contributed by atoms with Gasteiger partial charge in [0.1, 0.15) is 6.04 Å². The van der Waals surface area contributed by atoms with Gasteiger partial charge in [-0.15, -0.1) is 0 Å². The minimum atomic E-state index is -0.637. The number of amides is 2. The van der Waals surface area contributed by atoms with E-state index in [0.29, 0.717) is 29.3 Å². The fraction of sp³-hybridized carbons (Fsp3) is 0.375. The maximum Gasteiger partial charge on any atom is 0.243 e. The summed E-state index contributed by atoms with van der Waals surface area (Å²) in [5.74, 6) is -0.153. The molecular formula is C32H36Cl2N2O2. The summed E-state index contributed by atoms with van der Waals surface area (Å²) >= 11 is 12.5. The average Bonchev–Trinajstić information content (AvgIpc) is 3.45. The second kappa shape index (κ2) is 13.8. The Morgan fingerprint density at radius 1 is 0.868 bits per heavy atom. The molecule has 0 heterocycles. The van der Waals surface area contributed by atoms with Gasteiger partial charge in [0, 0.05) is 25.4 Å². The van der Waals surface area contributed by atoms with Crippen molar-refractivity contribution in [1.29, 1.82) is 0 Å². The fourth-order valence-corrected chi connectivity index (χ4v) is 5.41. The zero-order chi connectivity index (χ0) is 26.9. The third kappa shape index (κ3) is 7.85. The summed E-state index contributed by atoms with van der Waals surface area (Å²) in [5.41, 5.74) is 4.24. The van der Waals surface area contributed by atoms with Gasteiger partial charge in [0.2, 0.25) is 11.8 Å². The molecule has 0 bridgehead atoms. The number of aryl methyl sites for hydroxylation is 2. The molecule has 4 nitrogen and oxygen atoms in total. The second-order valence-electron chi connectivity index (χ2n) is 10.1. The lowest BCUT2D eigenvalue weighted by Crippen LogP contribution is -2.52. The Morgan fingerprint density at radius 3 is 2.18 bits per heavy atom. The summed E-state index contributed by atoms with van der Waals surface area (Å²) in [6, 6.07) is 23.2. The number of hydrogen-bond acceptors (Lipinski definition) is 2. The molecule has 0 saturated heterocycles. The predicted molar refractivity (Wildman–Crippen MR) is 155 cm³/mol. The number of carbonyl (C=O) groups is 2. The number of carbonyl (C=O) groups excluding carboxylic acids is 2. The monoisotopic (exact) mass is 550 g/mol. The summed E-state index contributed by atoms with van der Waals surface area (Å²) in [7, 11) is 0. The summed E-state index contributed by atoms with van der Waals surface area (Å²) in [5, 5.41) is 4.14. The van der Waals surface area contributed by atoms with E-state index in [0.717, 1.165) is 48.8 Å². The normalized spacial score (nSPS) is 14.3. The summed E-state index contributed by atoms with van der Waals surface area (Å²) in [6.07, 6.45) is 6.56. The maximum absolute atomic E-state index is 13.9. The van der Waals surface area contributed by atoms with Gasteiger partial charge >= 0.3 is 0 Å². The Bertz CT molecular complexity index is 1210. The molecule has 1 atom stereocenters. The number of hydrogen-bond donors (Lipinski definition) is 1. The molecule has 38 heavy (non-hydrogen) atoms. The van der Waals surface area contributed by atoms with Crippen LogP contribution in [0, 0.1) is 0 Å². The number of halogens is 2. The molecule has 3 aromatic carbocycles. The quantitative estimate of drug-likeness (QED) is 0.274. The van der Waals surface area contributed by atoms with E-state index in [1.54, 1.807) is 17.0 Å². The maximum atomic E-state index is 13.9. The lowest BCUT2D eigenvalue weighted by Gasteiger charge is -2.32. The van der Waals surface area contributed by atoms with E-state index in [9.17, 15) is 9.59 Å². The van der Waals surface area contributed by atoms with Gasteiger partial charge in [0.15, 0.2) is 0 Å². The molecule has 1 saturated carbocycles. The van der Waals surface area contributed by atoms with Crippen LogP contribution in [0.4, 0.5) is 0 Å². The van der Waals surface area contributed by atoms with Crippen molar-refractivity contribution in [3.05, 3.63) is 105 Å². The third-order valence-corrected chi connectivity index (χ3v) is 8.11. The van der Waals surface area contributed by atoms with E-state index in [1.807, 2.05) is 36.4 Å². The van der Waals surface area contributed by atoms with Gasteiger partial charge in [0.05, 0.1) is 10.0 Å². The van der Waals surface area contributed by atoms with Crippen LogP contribution >= 0.6 is 23.2 Å². The van der Waals surface area contributed by atoms with Gasteiger partial charge < -0.3 is 10.2 Å². The number of benzene rings is 3. The van der Waals surface area contributed by atoms with E-state index in [2.05, 4.69) is 36.5 Å². The van der Waals surface area contributed by atoms with Crippen molar-refractivity contribution in [3.63, 3.8) is 0 Å². The van der Waals surface area contributed by atoms with Crippen LogP contribution in [-0.4, -0.2) is 28.8 Å². The van der Waals surface area contributed by atoms with Crippen LogP contribution in [0.15, 0.2) is 72.8 Å². The summed E-state index contributed by atoms with van der Waals surface area (Å²) in [4.78, 5) is 29.3. The molecule has 1 aliphatic rings. The van der Waals surface area contributed by atoms with Crippen LogP contribution in [0.3, 0.4) is 0 Å². The standard InChI is InChI=1S/C32H36Cl2N2O2/c1-2-23-12-14-24(15-13-23)17-19-31(37)36(22-26-16-18-28(33)29(34)20-26)30(21-25-8-4-3-5-9-25)32(38)35-27-10-6-7-11-27/h3-5,8-9,12-16,18,20,27,30H,2,6-7,10-11,17,19,21-22H2,1H3,(H,35,38)/t30-/m0/s1. The van der Waals surface area contributed by atoms with E-state index >= 15 is 0 Å². The highest BCUT2D eigenvalue weighted by Gasteiger charge is 2.32. The molecule has 1 aliphatic carbocycles. The Balaban J connectivity index is 1.61. The zero-order valence-corrected chi connectivity index (χ0v) is 23.5. The SMILES string of the molecule is CCc1ccc(CCC(=O)N(Cc2ccc(Cl)c(Cl)c2)[C@@H](Cc2ccccc2)C(=O)NC2CCCC2)cc1. The molecule has 0 aromatic heterocycles. The van der Waals surface area contributed by atoms with Crippen LogP contribution < -0.4 is 5.32 Å². The topological polar surface area (TPSA) is 49.4 Å². The van der Waals surface area contributed by atoms with Gasteiger partial charge in [-0.1, -0.05) is 104 Å². The van der Waals surface area contributed by atoms with Gasteiger partial charge in [-0.25, -0.2) is 0 Å². The molecule has 6 heteroatoms. The zero-order valence-electron chi connectivity index (χ0n) is 22.0. The average molecular weight is 552 g/mol. The second-order valence-corrected chi connectivity index (χ2v) is 11.0. The van der Waals surface area contributed by atoms with Crippen LogP contribution in [0.1, 0.15) is 61.3 Å². The van der Waals surface area contributed by atoms with Crippen LogP contribution in [0.2, 0.25) is 10.0 Å². The van der Waals surface area contributed by atoms with Crippen molar-refractivity contribution in [1.82, 2.24) is 10.2 Å². The van der Waals surface area contributed by atoms with E-state index in [1.165, 1.54) is 5.56 Å². The minimum Gasteiger partial charge on any atom is -0.352 e. The van der Waals surface area contributed by atoms with Crippen LogP contribution in [0.25, 0.3) is 0 Å². The van der Waals surface area contributed by atoms with E-state index in [-0.39, 0.29) is 24.4 Å². The highest BCUT2D eigenvalue weighted by molar-refractivity contribution is 6.42. The molecule has 0 radical (unpaired) electrons. The molecule has 3 aromatic rings. The molecular weight excluding hydrogens is 515 g/mol. The van der Waals surface area contributed by atoms with Crippen molar-refractivity contribution < 1.29 is 9.59 Å². The van der Waals surface area contributed by atoms with Crippen molar-refractivity contribution in [2.45, 2.75) is 76.9 Å². The Kier molecular flexibility index (Phi) is 10.3. The van der Waals surface area contributed by atoms with Gasteiger partial charge in [-0.05, 0) is 60.1 Å². The van der Waals surface area contributed by atoms with Gasteiger partial charge in [-0.3, -0.25) is 9.59 Å². The predicted octanol–water partition coefficient (Wildman–Crippen LogP) is 7.19. The number of nitrogens with zero attached hydrogens (tertiary/aromatic N) is 1. The molecule has 0 spiro atoms. The first-order chi connectivity index (χ1) is 18.4. The third-order valence-electron chi connectivity index (χ3n) is 7.37. The van der Waals surface area contributed by atoms with Crippen molar-refractivity contribution >= 4 is 35.0 Å². The fourth-order valence-electron chi connectivity index (χ4n) is 5.09. The molecule has 0 aliphatic heterocycles. The van der Waals surface area contributed by atoms with Crippen LogP contribution in [0.5, 0.6) is 0 Å². The van der Waals surface area contributed by atoms with Crippen molar-refractivity contribution in [2.75, 3.05) is 0 Å². The van der Waals surface area contributed by atoms with Crippen molar-refractivity contribution in [3.8, 4) is 0 Å². The molecule has 1 N–H and O–H groups in total. The minimum absolute atomic E-state index is 0.0573. The molecule has 200 valence electrons. The Labute approximate surface area is 236 Å². The van der Waals surface area contributed by atoms with Crippen molar-refractivity contribution in [2.24, 2.45) is 0 Å². The lowest BCUT2D eigenvalue weighted by atomic mass is 10.0. The molecule has 1 fully saturated rings. The van der Waals surface area contributed by atoms with Gasteiger partial charge in [-0.2, -0.15) is 0 Å². The highest BCUT2D eigenvalue weighted by atomic mass is 35.5. The summed E-state index contributed by atoms with van der Waals surface area (Å²) in [6.45, 7) is 2.41. The summed E-state index contributed by atoms with van der Waals surface area (Å²) < 4.78 is 0. The van der Waals surface area contributed by atoms with Crippen LogP contribution in [-0.2, 0) is 35.4 Å². The first-order valence-corrected chi connectivity index (χ1v) is 14.3. The van der Waals surface area contributed by atoms with E-state index in [4.69, 9.17) is 23.2 Å².